The molecule has 9 heteroatoms. The topological polar surface area (TPSA) is 73.6 Å². The number of rotatable bonds is 3. The molecule has 3 heterocycles. The quantitative estimate of drug-likeness (QED) is 0.479. The van der Waals surface area contributed by atoms with Crippen LogP contribution in [-0.2, 0) is 6.18 Å². The Labute approximate surface area is 163 Å². The van der Waals surface area contributed by atoms with Gasteiger partial charge in [0.2, 0.25) is 0 Å². The summed E-state index contributed by atoms with van der Waals surface area (Å²) in [6.45, 7) is 3.20. The van der Waals surface area contributed by atoms with Crippen LogP contribution in [0.15, 0.2) is 48.7 Å². The number of aromatic nitrogens is 5. The standard InChI is InChI=1S/C20H14F3N5O/c1-11-3-8-18(27-26-11)28-17-7-5-14(20(21,22)23)9-16(17)25-19(28)15-6-4-13(10-24-15)12(2)29/h3-10H,1-2H3. The zero-order chi connectivity index (χ0) is 20.8. The van der Waals surface area contributed by atoms with E-state index in [4.69, 9.17) is 0 Å². The van der Waals surface area contributed by atoms with Gasteiger partial charge in [-0.1, -0.05) is 0 Å². The van der Waals surface area contributed by atoms with Crippen molar-refractivity contribution in [2.24, 2.45) is 0 Å². The first-order valence-corrected chi connectivity index (χ1v) is 8.62. The number of fused-ring (bicyclic) bond motifs is 1. The minimum Gasteiger partial charge on any atom is -0.294 e. The van der Waals surface area contributed by atoms with E-state index in [1.165, 1.54) is 19.2 Å². The number of carbonyl (C=O) groups is 1. The molecule has 0 spiro atoms. The first-order valence-electron chi connectivity index (χ1n) is 8.62. The van der Waals surface area contributed by atoms with Crippen molar-refractivity contribution in [3.05, 3.63) is 65.5 Å². The number of carbonyl (C=O) groups excluding carboxylic acids is 1. The van der Waals surface area contributed by atoms with Crippen molar-refractivity contribution in [3.8, 4) is 17.3 Å². The molecule has 0 fully saturated rings. The number of ketones is 1. The van der Waals surface area contributed by atoms with Crippen LogP contribution in [0.4, 0.5) is 13.2 Å². The van der Waals surface area contributed by atoms with E-state index in [1.807, 2.05) is 0 Å². The van der Waals surface area contributed by atoms with Crippen LogP contribution in [-0.4, -0.2) is 30.5 Å². The van der Waals surface area contributed by atoms with E-state index < -0.39 is 11.7 Å². The predicted octanol–water partition coefficient (Wildman–Crippen LogP) is 4.41. The van der Waals surface area contributed by atoms with Crippen LogP contribution in [0.25, 0.3) is 28.4 Å². The second-order valence-electron chi connectivity index (χ2n) is 6.49. The first-order chi connectivity index (χ1) is 13.7. The van der Waals surface area contributed by atoms with Crippen molar-refractivity contribution in [2.45, 2.75) is 20.0 Å². The third kappa shape index (κ3) is 3.46. The van der Waals surface area contributed by atoms with Crippen molar-refractivity contribution in [3.63, 3.8) is 0 Å². The molecule has 3 aromatic heterocycles. The van der Waals surface area contributed by atoms with Crippen molar-refractivity contribution in [1.82, 2.24) is 24.7 Å². The minimum absolute atomic E-state index is 0.142. The molecule has 0 saturated heterocycles. The van der Waals surface area contributed by atoms with E-state index in [9.17, 15) is 18.0 Å². The maximum absolute atomic E-state index is 13.1. The van der Waals surface area contributed by atoms with E-state index in [0.717, 1.165) is 12.1 Å². The fourth-order valence-electron chi connectivity index (χ4n) is 2.91. The van der Waals surface area contributed by atoms with E-state index in [0.29, 0.717) is 34.1 Å². The summed E-state index contributed by atoms with van der Waals surface area (Å²) in [6.07, 6.45) is -3.08. The molecule has 4 aromatic rings. The number of halogens is 3. The fourth-order valence-corrected chi connectivity index (χ4v) is 2.91. The molecule has 1 aromatic carbocycles. The molecule has 0 bridgehead atoms. The molecule has 146 valence electrons. The molecule has 4 rings (SSSR count). The van der Waals surface area contributed by atoms with Gasteiger partial charge in [0.25, 0.3) is 0 Å². The third-order valence-corrected chi connectivity index (χ3v) is 4.39. The largest absolute Gasteiger partial charge is 0.416 e. The van der Waals surface area contributed by atoms with Crippen molar-refractivity contribution < 1.29 is 18.0 Å². The molecule has 0 aliphatic carbocycles. The summed E-state index contributed by atoms with van der Waals surface area (Å²) in [4.78, 5) is 20.1. The highest BCUT2D eigenvalue weighted by molar-refractivity contribution is 5.94. The maximum atomic E-state index is 13.1. The Morgan fingerprint density at radius 2 is 1.83 bits per heavy atom. The summed E-state index contributed by atoms with van der Waals surface area (Å²) < 4.78 is 41.0. The molecule has 0 saturated carbocycles. The molecule has 0 atom stereocenters. The van der Waals surface area contributed by atoms with Gasteiger partial charge in [0.1, 0.15) is 5.69 Å². The normalized spacial score (nSPS) is 11.8. The third-order valence-electron chi connectivity index (χ3n) is 4.39. The van der Waals surface area contributed by atoms with Gasteiger partial charge in [0.15, 0.2) is 17.4 Å². The Morgan fingerprint density at radius 3 is 2.41 bits per heavy atom. The van der Waals surface area contributed by atoms with Crippen LogP contribution in [0.2, 0.25) is 0 Å². The van der Waals surface area contributed by atoms with Gasteiger partial charge in [-0.05, 0) is 56.3 Å². The second kappa shape index (κ2) is 6.77. The van der Waals surface area contributed by atoms with Gasteiger partial charge in [0, 0.05) is 11.8 Å². The Hall–Kier alpha value is -3.62. The smallest absolute Gasteiger partial charge is 0.294 e. The summed E-state index contributed by atoms with van der Waals surface area (Å²) in [6, 6.07) is 9.97. The molecular weight excluding hydrogens is 383 g/mol. The monoisotopic (exact) mass is 397 g/mol. The number of alkyl halides is 3. The van der Waals surface area contributed by atoms with Crippen molar-refractivity contribution in [1.29, 1.82) is 0 Å². The molecule has 0 N–H and O–H groups in total. The number of benzene rings is 1. The summed E-state index contributed by atoms with van der Waals surface area (Å²) >= 11 is 0. The van der Waals surface area contributed by atoms with Gasteiger partial charge >= 0.3 is 6.18 Å². The number of hydrogen-bond donors (Lipinski definition) is 0. The molecule has 0 aliphatic rings. The molecule has 29 heavy (non-hydrogen) atoms. The molecule has 6 nitrogen and oxygen atoms in total. The number of pyridine rings is 1. The van der Waals surface area contributed by atoms with Crippen LogP contribution >= 0.6 is 0 Å². The van der Waals surface area contributed by atoms with Gasteiger partial charge in [-0.15, -0.1) is 5.10 Å². The van der Waals surface area contributed by atoms with Crippen LogP contribution < -0.4 is 0 Å². The van der Waals surface area contributed by atoms with E-state index >= 15 is 0 Å². The van der Waals surface area contributed by atoms with Gasteiger partial charge in [0.05, 0.1) is 22.3 Å². The van der Waals surface area contributed by atoms with Crippen molar-refractivity contribution >= 4 is 16.8 Å². The summed E-state index contributed by atoms with van der Waals surface area (Å²) in [5.41, 5.74) is 1.30. The number of imidazole rings is 1. The summed E-state index contributed by atoms with van der Waals surface area (Å²) in [5, 5.41) is 8.17. The number of Topliss-reactive ketones (excluding diaryl/α,β-unsaturated/α-hetero) is 1. The number of nitrogens with zero attached hydrogens (tertiary/aromatic N) is 5. The lowest BCUT2D eigenvalue weighted by molar-refractivity contribution is -0.137. The Balaban J connectivity index is 1.97. The lowest BCUT2D eigenvalue weighted by Gasteiger charge is -2.09. The average Bonchev–Trinajstić information content (AvgIpc) is 3.07. The van der Waals surface area contributed by atoms with Gasteiger partial charge in [-0.3, -0.25) is 14.3 Å². The molecule has 0 unspecified atom stereocenters. The van der Waals surface area contributed by atoms with E-state index in [1.54, 1.807) is 35.8 Å². The van der Waals surface area contributed by atoms with Crippen LogP contribution in [0, 0.1) is 6.92 Å². The number of hydrogen-bond acceptors (Lipinski definition) is 5. The Morgan fingerprint density at radius 1 is 1.03 bits per heavy atom. The molecule has 0 amide bonds. The highest BCUT2D eigenvalue weighted by Crippen LogP contribution is 2.33. The van der Waals surface area contributed by atoms with Gasteiger partial charge < -0.3 is 0 Å². The van der Waals surface area contributed by atoms with Crippen LogP contribution in [0.5, 0.6) is 0 Å². The van der Waals surface area contributed by atoms with Gasteiger partial charge in [-0.25, -0.2) is 4.98 Å². The predicted molar refractivity (Wildman–Crippen MR) is 99.6 cm³/mol. The van der Waals surface area contributed by atoms with Crippen LogP contribution in [0.3, 0.4) is 0 Å². The van der Waals surface area contributed by atoms with E-state index in [-0.39, 0.29) is 11.3 Å². The summed E-state index contributed by atoms with van der Waals surface area (Å²) in [7, 11) is 0. The fraction of sp³-hybridized carbons (Fsp3) is 0.150. The van der Waals surface area contributed by atoms with Gasteiger partial charge in [-0.2, -0.15) is 18.3 Å². The minimum atomic E-state index is -4.48. The first kappa shape index (κ1) is 18.7. The summed E-state index contributed by atoms with van der Waals surface area (Å²) in [5.74, 6) is 0.551. The molecule has 0 radical (unpaired) electrons. The Bertz CT molecular complexity index is 1210. The van der Waals surface area contributed by atoms with Crippen LogP contribution in [0.1, 0.15) is 28.5 Å². The zero-order valence-corrected chi connectivity index (χ0v) is 15.4. The lowest BCUT2D eigenvalue weighted by Crippen LogP contribution is -2.05. The molecule has 0 aliphatic heterocycles. The average molecular weight is 397 g/mol. The SMILES string of the molecule is CC(=O)c1ccc(-c2nc3cc(C(F)(F)F)ccc3n2-c2ccc(C)nn2)nc1. The maximum Gasteiger partial charge on any atom is 0.416 e. The van der Waals surface area contributed by atoms with Crippen molar-refractivity contribution in [2.75, 3.05) is 0 Å². The van der Waals surface area contributed by atoms with E-state index in [2.05, 4.69) is 20.2 Å². The lowest BCUT2D eigenvalue weighted by atomic mass is 10.2. The molecular formula is C20H14F3N5O. The highest BCUT2D eigenvalue weighted by atomic mass is 19.4. The number of aryl methyl sites for hydroxylation is 1. The second-order valence-corrected chi connectivity index (χ2v) is 6.49. The Kier molecular flexibility index (Phi) is 4.37. The zero-order valence-electron chi connectivity index (χ0n) is 15.4. The highest BCUT2D eigenvalue weighted by Gasteiger charge is 2.31.